The van der Waals surface area contributed by atoms with E-state index in [1.165, 1.54) is 6.42 Å². The maximum absolute atomic E-state index is 11.3. The van der Waals surface area contributed by atoms with Crippen LogP contribution in [0.5, 0.6) is 0 Å². The van der Waals surface area contributed by atoms with Gasteiger partial charge in [0.1, 0.15) is 0 Å². The van der Waals surface area contributed by atoms with E-state index < -0.39 is 5.60 Å². The molecular weight excluding hydrogens is 224 g/mol. The molecule has 1 N–H and O–H groups in total. The van der Waals surface area contributed by atoms with Gasteiger partial charge in [0.2, 0.25) is 0 Å². The van der Waals surface area contributed by atoms with E-state index in [2.05, 4.69) is 41.5 Å². The summed E-state index contributed by atoms with van der Waals surface area (Å²) in [5.74, 6) is 1.26. The number of ether oxygens (including phenoxy) is 1. The summed E-state index contributed by atoms with van der Waals surface area (Å²) in [7, 11) is 0. The van der Waals surface area contributed by atoms with Gasteiger partial charge in [-0.2, -0.15) is 0 Å². The molecule has 4 unspecified atom stereocenters. The molecule has 106 valence electrons. The minimum atomic E-state index is -0.547. The summed E-state index contributed by atoms with van der Waals surface area (Å²) in [5, 5.41) is 11.3. The number of hydrogen-bond acceptors (Lipinski definition) is 2. The highest BCUT2D eigenvalue weighted by atomic mass is 16.5. The van der Waals surface area contributed by atoms with E-state index in [4.69, 9.17) is 4.74 Å². The lowest BCUT2D eigenvalue weighted by atomic mass is 9.61. The van der Waals surface area contributed by atoms with Gasteiger partial charge in [-0.25, -0.2) is 0 Å². The quantitative estimate of drug-likeness (QED) is 0.772. The van der Waals surface area contributed by atoms with Gasteiger partial charge >= 0.3 is 0 Å². The molecule has 18 heavy (non-hydrogen) atoms. The molecule has 2 fully saturated rings. The van der Waals surface area contributed by atoms with Crippen LogP contribution in [0.2, 0.25) is 0 Å². The lowest BCUT2D eigenvalue weighted by Crippen LogP contribution is -2.53. The van der Waals surface area contributed by atoms with E-state index >= 15 is 0 Å². The zero-order valence-corrected chi connectivity index (χ0v) is 12.9. The molecule has 0 amide bonds. The smallest absolute Gasteiger partial charge is 0.0732 e. The van der Waals surface area contributed by atoms with Crippen LogP contribution in [0.25, 0.3) is 0 Å². The molecule has 2 nitrogen and oxygen atoms in total. The Labute approximate surface area is 112 Å². The molecule has 0 bridgehead atoms. The predicted molar refractivity (Wildman–Crippen MR) is 74.5 cm³/mol. The van der Waals surface area contributed by atoms with Crippen molar-refractivity contribution >= 4 is 0 Å². The third-order valence-corrected chi connectivity index (χ3v) is 5.30. The Kier molecular flexibility index (Phi) is 3.35. The monoisotopic (exact) mass is 254 g/mol. The van der Waals surface area contributed by atoms with Crippen molar-refractivity contribution in [2.45, 2.75) is 84.0 Å². The SMILES string of the molecule is CC1CCC(C)C(O)(C2CC(C)(C)OC2(C)C)C1. The lowest BCUT2D eigenvalue weighted by Gasteiger charge is -2.48. The van der Waals surface area contributed by atoms with Crippen LogP contribution in [0, 0.1) is 17.8 Å². The summed E-state index contributed by atoms with van der Waals surface area (Å²) in [5.41, 5.74) is -0.872. The van der Waals surface area contributed by atoms with Crippen LogP contribution in [-0.4, -0.2) is 21.9 Å². The first-order valence-electron chi connectivity index (χ1n) is 7.49. The first-order valence-corrected chi connectivity index (χ1v) is 7.49. The van der Waals surface area contributed by atoms with E-state index in [1.807, 2.05) is 0 Å². The standard InChI is InChI=1S/C16H30O2/c1-11-7-8-12(2)16(17,9-11)13-10-14(3,4)18-15(13,5)6/h11-13,17H,7-10H2,1-6H3. The number of aliphatic hydroxyl groups is 1. The zero-order valence-electron chi connectivity index (χ0n) is 12.9. The summed E-state index contributed by atoms with van der Waals surface area (Å²) in [6.07, 6.45) is 4.29. The Morgan fingerprint density at radius 2 is 1.61 bits per heavy atom. The van der Waals surface area contributed by atoms with Gasteiger partial charge in [-0.1, -0.05) is 20.3 Å². The Hall–Kier alpha value is -0.0800. The Balaban J connectivity index is 2.28. The van der Waals surface area contributed by atoms with E-state index in [9.17, 15) is 5.11 Å². The fourth-order valence-corrected chi connectivity index (χ4v) is 4.47. The van der Waals surface area contributed by atoms with Crippen LogP contribution in [-0.2, 0) is 4.74 Å². The first-order chi connectivity index (χ1) is 8.07. The van der Waals surface area contributed by atoms with E-state index in [-0.39, 0.29) is 17.1 Å². The van der Waals surface area contributed by atoms with Crippen molar-refractivity contribution in [1.82, 2.24) is 0 Å². The molecule has 0 aromatic rings. The molecule has 1 aliphatic carbocycles. The van der Waals surface area contributed by atoms with E-state index in [0.29, 0.717) is 11.8 Å². The summed E-state index contributed by atoms with van der Waals surface area (Å²) >= 11 is 0. The minimum absolute atomic E-state index is 0.107. The summed E-state index contributed by atoms with van der Waals surface area (Å²) in [6.45, 7) is 13.1. The van der Waals surface area contributed by atoms with Gasteiger partial charge < -0.3 is 9.84 Å². The van der Waals surface area contributed by atoms with Crippen LogP contribution >= 0.6 is 0 Å². The average Bonchev–Trinajstić information content (AvgIpc) is 2.41. The molecule has 0 aromatic carbocycles. The molecule has 4 atom stereocenters. The second kappa shape index (κ2) is 4.21. The van der Waals surface area contributed by atoms with Crippen molar-refractivity contribution < 1.29 is 9.84 Å². The normalized spacial score (nSPS) is 47.2. The molecule has 0 spiro atoms. The zero-order chi connectivity index (χ0) is 13.8. The molecule has 2 rings (SSSR count). The number of rotatable bonds is 1. The highest BCUT2D eigenvalue weighted by Gasteiger charge is 2.57. The minimum Gasteiger partial charge on any atom is -0.389 e. The van der Waals surface area contributed by atoms with Gasteiger partial charge in [0.05, 0.1) is 16.8 Å². The van der Waals surface area contributed by atoms with Crippen molar-refractivity contribution in [3.05, 3.63) is 0 Å². The molecule has 1 aliphatic heterocycles. The Morgan fingerprint density at radius 3 is 2.11 bits per heavy atom. The van der Waals surface area contributed by atoms with Crippen LogP contribution < -0.4 is 0 Å². The van der Waals surface area contributed by atoms with Crippen LogP contribution in [0.4, 0.5) is 0 Å². The van der Waals surface area contributed by atoms with E-state index in [0.717, 1.165) is 19.3 Å². The van der Waals surface area contributed by atoms with Crippen molar-refractivity contribution in [2.24, 2.45) is 17.8 Å². The van der Waals surface area contributed by atoms with Crippen LogP contribution in [0.15, 0.2) is 0 Å². The second-order valence-electron chi connectivity index (χ2n) is 8.00. The average molecular weight is 254 g/mol. The highest BCUT2D eigenvalue weighted by Crippen LogP contribution is 2.53. The van der Waals surface area contributed by atoms with Gasteiger partial charge in [0, 0.05) is 5.92 Å². The maximum Gasteiger partial charge on any atom is 0.0732 e. The first kappa shape index (κ1) is 14.3. The molecule has 0 aromatic heterocycles. The fourth-order valence-electron chi connectivity index (χ4n) is 4.47. The van der Waals surface area contributed by atoms with Gasteiger partial charge in [0.25, 0.3) is 0 Å². The number of hydrogen-bond donors (Lipinski definition) is 1. The van der Waals surface area contributed by atoms with Crippen molar-refractivity contribution in [3.63, 3.8) is 0 Å². The summed E-state index contributed by atoms with van der Waals surface area (Å²) in [6, 6.07) is 0. The molecule has 2 heteroatoms. The Morgan fingerprint density at radius 1 is 1.00 bits per heavy atom. The molecule has 1 saturated heterocycles. The molecule has 1 heterocycles. The second-order valence-corrected chi connectivity index (χ2v) is 8.00. The molecule has 0 radical (unpaired) electrons. The third-order valence-electron chi connectivity index (χ3n) is 5.30. The molecule has 2 aliphatic rings. The van der Waals surface area contributed by atoms with Gasteiger partial charge in [-0.05, 0) is 58.8 Å². The summed E-state index contributed by atoms with van der Waals surface area (Å²) in [4.78, 5) is 0. The van der Waals surface area contributed by atoms with Crippen molar-refractivity contribution in [1.29, 1.82) is 0 Å². The fraction of sp³-hybridized carbons (Fsp3) is 1.00. The summed E-state index contributed by atoms with van der Waals surface area (Å²) < 4.78 is 6.19. The molecule has 1 saturated carbocycles. The van der Waals surface area contributed by atoms with Crippen molar-refractivity contribution in [2.75, 3.05) is 0 Å². The molecular formula is C16H30O2. The highest BCUT2D eigenvalue weighted by molar-refractivity contribution is 5.07. The largest absolute Gasteiger partial charge is 0.389 e. The Bertz CT molecular complexity index is 321. The van der Waals surface area contributed by atoms with Crippen molar-refractivity contribution in [3.8, 4) is 0 Å². The third kappa shape index (κ3) is 2.34. The predicted octanol–water partition coefficient (Wildman–Crippen LogP) is 3.77. The van der Waals surface area contributed by atoms with E-state index in [1.54, 1.807) is 0 Å². The van der Waals surface area contributed by atoms with Gasteiger partial charge in [0.15, 0.2) is 0 Å². The van der Waals surface area contributed by atoms with Crippen LogP contribution in [0.3, 0.4) is 0 Å². The maximum atomic E-state index is 11.3. The van der Waals surface area contributed by atoms with Gasteiger partial charge in [-0.15, -0.1) is 0 Å². The van der Waals surface area contributed by atoms with Crippen LogP contribution in [0.1, 0.15) is 67.2 Å². The van der Waals surface area contributed by atoms with Gasteiger partial charge in [-0.3, -0.25) is 0 Å². The topological polar surface area (TPSA) is 29.5 Å². The lowest BCUT2D eigenvalue weighted by molar-refractivity contribution is -0.150.